The number of hydrogen-bond donors (Lipinski definition) is 1. The van der Waals surface area contributed by atoms with Crippen LogP contribution >= 0.6 is 11.3 Å². The number of hydrogen-bond acceptors (Lipinski definition) is 4. The van der Waals surface area contributed by atoms with Gasteiger partial charge in [0.25, 0.3) is 0 Å². The van der Waals surface area contributed by atoms with Gasteiger partial charge < -0.3 is 14.5 Å². The van der Waals surface area contributed by atoms with Gasteiger partial charge >= 0.3 is 0 Å². The van der Waals surface area contributed by atoms with Crippen molar-refractivity contribution in [2.45, 2.75) is 18.4 Å². The van der Waals surface area contributed by atoms with Gasteiger partial charge in [-0.3, -0.25) is 4.79 Å². The minimum absolute atomic E-state index is 0.110. The van der Waals surface area contributed by atoms with Crippen molar-refractivity contribution in [3.63, 3.8) is 0 Å². The molecule has 0 radical (unpaired) electrons. The summed E-state index contributed by atoms with van der Waals surface area (Å²) in [5, 5.41) is 5.20. The van der Waals surface area contributed by atoms with E-state index in [0.29, 0.717) is 19.0 Å². The molecule has 1 fully saturated rings. The van der Waals surface area contributed by atoms with Crippen molar-refractivity contribution in [3.05, 3.63) is 52.6 Å². The van der Waals surface area contributed by atoms with Crippen LogP contribution in [0, 0.1) is 0 Å². The standard InChI is InChI=1S/C16H17NO3S/c18-15(6-5-13-3-1-9-20-13)17-16(7-10-19-11-8-16)14-4-2-12-21-14/h1-6,9,12H,7-8,10-11H2,(H,17,18). The molecule has 1 aliphatic rings. The third kappa shape index (κ3) is 3.25. The van der Waals surface area contributed by atoms with Crippen LogP contribution in [0.2, 0.25) is 0 Å². The average molecular weight is 303 g/mol. The van der Waals surface area contributed by atoms with Crippen LogP contribution in [-0.2, 0) is 15.1 Å². The van der Waals surface area contributed by atoms with Crippen LogP contribution in [0.15, 0.2) is 46.4 Å². The summed E-state index contributed by atoms with van der Waals surface area (Å²) in [4.78, 5) is 13.4. The first-order valence-corrected chi connectivity index (χ1v) is 7.82. The van der Waals surface area contributed by atoms with Crippen LogP contribution in [0.5, 0.6) is 0 Å². The quantitative estimate of drug-likeness (QED) is 0.883. The third-order valence-corrected chi connectivity index (χ3v) is 4.72. The maximum absolute atomic E-state index is 12.2. The summed E-state index contributed by atoms with van der Waals surface area (Å²) >= 11 is 1.67. The molecule has 5 heteroatoms. The number of ether oxygens (including phenoxy) is 1. The number of furan rings is 1. The zero-order valence-electron chi connectivity index (χ0n) is 11.6. The van der Waals surface area contributed by atoms with Gasteiger partial charge in [-0.05, 0) is 42.5 Å². The summed E-state index contributed by atoms with van der Waals surface area (Å²) in [6.45, 7) is 1.33. The van der Waals surface area contributed by atoms with Crippen LogP contribution in [0.3, 0.4) is 0 Å². The van der Waals surface area contributed by atoms with E-state index in [1.54, 1.807) is 29.7 Å². The molecule has 2 aromatic rings. The molecule has 1 N–H and O–H groups in total. The third-order valence-electron chi connectivity index (χ3n) is 3.64. The Morgan fingerprint density at radius 1 is 1.29 bits per heavy atom. The normalized spacial score (nSPS) is 17.9. The lowest BCUT2D eigenvalue weighted by molar-refractivity contribution is -0.119. The monoisotopic (exact) mass is 303 g/mol. The Hall–Kier alpha value is -1.85. The zero-order valence-corrected chi connectivity index (χ0v) is 12.4. The molecule has 0 saturated carbocycles. The Labute approximate surface area is 127 Å². The van der Waals surface area contributed by atoms with E-state index in [9.17, 15) is 4.79 Å². The van der Waals surface area contributed by atoms with Gasteiger partial charge in [0.15, 0.2) is 0 Å². The molecule has 21 heavy (non-hydrogen) atoms. The summed E-state index contributed by atoms with van der Waals surface area (Å²) in [6.07, 6.45) is 6.38. The fourth-order valence-corrected chi connectivity index (χ4v) is 3.47. The second kappa shape index (κ2) is 6.28. The zero-order chi connectivity index (χ0) is 14.5. The van der Waals surface area contributed by atoms with Gasteiger partial charge in [0.05, 0.1) is 11.8 Å². The molecule has 0 aliphatic carbocycles. The molecule has 1 amide bonds. The van der Waals surface area contributed by atoms with Crippen molar-refractivity contribution >= 4 is 23.3 Å². The van der Waals surface area contributed by atoms with Gasteiger partial charge in [-0.1, -0.05) is 6.07 Å². The fraction of sp³-hybridized carbons (Fsp3) is 0.312. The first kappa shape index (κ1) is 14.1. The van der Waals surface area contributed by atoms with Crippen LogP contribution in [0.25, 0.3) is 6.08 Å². The Bertz CT molecular complexity index is 596. The smallest absolute Gasteiger partial charge is 0.244 e. The Balaban J connectivity index is 1.74. The minimum Gasteiger partial charge on any atom is -0.465 e. The van der Waals surface area contributed by atoms with Gasteiger partial charge in [0.1, 0.15) is 5.76 Å². The Kier molecular flexibility index (Phi) is 4.22. The maximum atomic E-state index is 12.2. The van der Waals surface area contributed by atoms with E-state index in [2.05, 4.69) is 11.4 Å². The Morgan fingerprint density at radius 2 is 2.14 bits per heavy atom. The molecule has 0 unspecified atom stereocenters. The number of carbonyl (C=O) groups excluding carboxylic acids is 1. The molecule has 4 nitrogen and oxygen atoms in total. The number of rotatable bonds is 4. The van der Waals surface area contributed by atoms with Crippen LogP contribution < -0.4 is 5.32 Å². The second-order valence-electron chi connectivity index (χ2n) is 5.01. The highest BCUT2D eigenvalue weighted by Crippen LogP contribution is 2.35. The lowest BCUT2D eigenvalue weighted by Crippen LogP contribution is -2.48. The minimum atomic E-state index is -0.309. The lowest BCUT2D eigenvalue weighted by Gasteiger charge is -2.37. The molecule has 2 aromatic heterocycles. The molecule has 3 heterocycles. The van der Waals surface area contributed by atoms with Gasteiger partial charge in [-0.25, -0.2) is 0 Å². The summed E-state index contributed by atoms with van der Waals surface area (Å²) < 4.78 is 10.6. The van der Waals surface area contributed by atoms with E-state index < -0.39 is 0 Å². The summed E-state index contributed by atoms with van der Waals surface area (Å²) in [7, 11) is 0. The summed E-state index contributed by atoms with van der Waals surface area (Å²) in [5.74, 6) is 0.559. The van der Waals surface area contributed by atoms with Crippen LogP contribution in [0.1, 0.15) is 23.5 Å². The Morgan fingerprint density at radius 3 is 2.81 bits per heavy atom. The van der Waals surface area contributed by atoms with Crippen LogP contribution in [0.4, 0.5) is 0 Å². The van der Waals surface area contributed by atoms with Crippen molar-refractivity contribution in [1.29, 1.82) is 0 Å². The molecular formula is C16H17NO3S. The first-order valence-electron chi connectivity index (χ1n) is 6.94. The highest BCUT2D eigenvalue weighted by atomic mass is 32.1. The SMILES string of the molecule is O=C(C=Cc1ccco1)NC1(c2cccs2)CCOCC1. The molecule has 1 aliphatic heterocycles. The topological polar surface area (TPSA) is 51.5 Å². The molecular weight excluding hydrogens is 286 g/mol. The predicted octanol–water partition coefficient (Wildman–Crippen LogP) is 3.18. The molecule has 110 valence electrons. The molecule has 0 spiro atoms. The van der Waals surface area contributed by atoms with Crippen molar-refractivity contribution in [2.75, 3.05) is 13.2 Å². The van der Waals surface area contributed by atoms with E-state index in [-0.39, 0.29) is 11.4 Å². The summed E-state index contributed by atoms with van der Waals surface area (Å²) in [6, 6.07) is 7.70. The highest BCUT2D eigenvalue weighted by molar-refractivity contribution is 7.10. The van der Waals surface area contributed by atoms with Crippen molar-refractivity contribution < 1.29 is 13.9 Å². The van der Waals surface area contributed by atoms with Gasteiger partial charge in [-0.2, -0.15) is 0 Å². The fourth-order valence-electron chi connectivity index (χ4n) is 2.53. The highest BCUT2D eigenvalue weighted by Gasteiger charge is 2.36. The number of amides is 1. The maximum Gasteiger partial charge on any atom is 0.244 e. The van der Waals surface area contributed by atoms with E-state index in [1.165, 1.54) is 11.0 Å². The molecule has 0 atom stereocenters. The number of thiophene rings is 1. The second-order valence-corrected chi connectivity index (χ2v) is 5.96. The molecule has 0 bridgehead atoms. The van der Waals surface area contributed by atoms with Crippen molar-refractivity contribution in [1.82, 2.24) is 5.32 Å². The predicted molar refractivity (Wildman–Crippen MR) is 81.9 cm³/mol. The van der Waals surface area contributed by atoms with Crippen molar-refractivity contribution in [2.24, 2.45) is 0 Å². The molecule has 0 aromatic carbocycles. The molecule has 1 saturated heterocycles. The number of nitrogens with one attached hydrogen (secondary N) is 1. The van der Waals surface area contributed by atoms with E-state index >= 15 is 0 Å². The summed E-state index contributed by atoms with van der Waals surface area (Å²) in [5.41, 5.74) is -0.309. The van der Waals surface area contributed by atoms with Crippen LogP contribution in [-0.4, -0.2) is 19.1 Å². The lowest BCUT2D eigenvalue weighted by atomic mass is 9.88. The largest absolute Gasteiger partial charge is 0.465 e. The first-order chi connectivity index (χ1) is 10.3. The van der Waals surface area contributed by atoms with E-state index in [0.717, 1.165) is 12.8 Å². The van der Waals surface area contributed by atoms with E-state index in [1.807, 2.05) is 17.5 Å². The van der Waals surface area contributed by atoms with Gasteiger partial charge in [0.2, 0.25) is 5.91 Å². The number of carbonyl (C=O) groups is 1. The van der Waals surface area contributed by atoms with Crippen molar-refractivity contribution in [3.8, 4) is 0 Å². The molecule has 3 rings (SSSR count). The average Bonchev–Trinajstić information content (AvgIpc) is 3.20. The van der Waals surface area contributed by atoms with Gasteiger partial charge in [-0.15, -0.1) is 11.3 Å². The van der Waals surface area contributed by atoms with E-state index in [4.69, 9.17) is 9.15 Å². The van der Waals surface area contributed by atoms with Gasteiger partial charge in [0, 0.05) is 24.2 Å².